The van der Waals surface area contributed by atoms with E-state index < -0.39 is 0 Å². The first kappa shape index (κ1) is 17.1. The number of nitrogens with one attached hydrogen (secondary N) is 1. The van der Waals surface area contributed by atoms with E-state index in [0.717, 1.165) is 24.2 Å². The first-order valence-corrected chi connectivity index (χ1v) is 8.11. The number of amides is 1. The van der Waals surface area contributed by atoms with Crippen LogP contribution in [0.25, 0.3) is 0 Å². The van der Waals surface area contributed by atoms with Crippen LogP contribution in [0.3, 0.4) is 0 Å². The summed E-state index contributed by atoms with van der Waals surface area (Å²) in [5.41, 5.74) is 3.55. The molecule has 0 saturated heterocycles. The highest BCUT2D eigenvalue weighted by Crippen LogP contribution is 2.20. The minimum absolute atomic E-state index is 0.0476. The van der Waals surface area contributed by atoms with Crippen LogP contribution in [0.1, 0.15) is 42.5 Å². The maximum atomic E-state index is 12.2. The number of methoxy groups -OCH3 is 1. The summed E-state index contributed by atoms with van der Waals surface area (Å²) in [6.45, 7) is 4.15. The van der Waals surface area contributed by atoms with Gasteiger partial charge in [0.05, 0.1) is 13.2 Å². The number of carbonyl (C=O) groups is 1. The molecule has 0 unspecified atom stereocenters. The molecule has 0 heterocycles. The van der Waals surface area contributed by atoms with E-state index in [1.807, 2.05) is 24.3 Å². The van der Waals surface area contributed by atoms with E-state index >= 15 is 0 Å². The summed E-state index contributed by atoms with van der Waals surface area (Å²) >= 11 is 0. The molecule has 0 fully saturated rings. The van der Waals surface area contributed by atoms with E-state index in [-0.39, 0.29) is 11.9 Å². The van der Waals surface area contributed by atoms with Crippen molar-refractivity contribution in [3.8, 4) is 5.75 Å². The molecule has 2 aromatic rings. The Balaban J connectivity index is 1.89. The average molecular weight is 311 g/mol. The number of aryl methyl sites for hydroxylation is 2. The largest absolute Gasteiger partial charge is 0.497 e. The predicted octanol–water partition coefficient (Wildman–Crippen LogP) is 4.20. The van der Waals surface area contributed by atoms with Crippen molar-refractivity contribution >= 4 is 5.91 Å². The average Bonchev–Trinajstić information content (AvgIpc) is 2.59. The fraction of sp³-hybridized carbons (Fsp3) is 0.350. The zero-order chi connectivity index (χ0) is 16.7. The van der Waals surface area contributed by atoms with Crippen molar-refractivity contribution in [3.05, 3.63) is 65.2 Å². The molecule has 1 N–H and O–H groups in total. The van der Waals surface area contributed by atoms with E-state index in [1.54, 1.807) is 7.11 Å². The summed E-state index contributed by atoms with van der Waals surface area (Å²) in [6.07, 6.45) is 2.14. The number of rotatable bonds is 7. The normalized spacial score (nSPS) is 11.8. The van der Waals surface area contributed by atoms with Crippen molar-refractivity contribution in [2.75, 3.05) is 7.11 Å². The topological polar surface area (TPSA) is 38.3 Å². The second kappa shape index (κ2) is 8.37. The van der Waals surface area contributed by atoms with Crippen LogP contribution in [0.4, 0.5) is 0 Å². The van der Waals surface area contributed by atoms with Gasteiger partial charge >= 0.3 is 0 Å². The van der Waals surface area contributed by atoms with Crippen LogP contribution in [0.15, 0.2) is 48.5 Å². The highest BCUT2D eigenvalue weighted by atomic mass is 16.5. The number of carbonyl (C=O) groups excluding carboxylic acids is 1. The molecule has 1 amide bonds. The van der Waals surface area contributed by atoms with E-state index in [0.29, 0.717) is 6.42 Å². The number of ether oxygens (including phenoxy) is 1. The van der Waals surface area contributed by atoms with Gasteiger partial charge in [-0.25, -0.2) is 0 Å². The van der Waals surface area contributed by atoms with Crippen LogP contribution in [0.2, 0.25) is 0 Å². The van der Waals surface area contributed by atoms with Gasteiger partial charge in [0.1, 0.15) is 5.75 Å². The molecule has 3 nitrogen and oxygen atoms in total. The zero-order valence-corrected chi connectivity index (χ0v) is 14.1. The lowest BCUT2D eigenvalue weighted by molar-refractivity contribution is -0.121. The molecule has 2 rings (SSSR count). The van der Waals surface area contributed by atoms with Crippen LogP contribution in [-0.4, -0.2) is 13.0 Å². The Morgan fingerprint density at radius 3 is 2.30 bits per heavy atom. The molecule has 1 atom stereocenters. The Kier molecular flexibility index (Phi) is 6.21. The predicted molar refractivity (Wildman–Crippen MR) is 93.7 cm³/mol. The van der Waals surface area contributed by atoms with Gasteiger partial charge in [-0.3, -0.25) is 4.79 Å². The molecule has 122 valence electrons. The molecule has 0 saturated carbocycles. The molecule has 2 aromatic carbocycles. The van der Waals surface area contributed by atoms with E-state index in [4.69, 9.17) is 4.74 Å². The molecular formula is C20H25NO2. The highest BCUT2D eigenvalue weighted by molar-refractivity contribution is 5.76. The Bertz CT molecular complexity index is 617. The van der Waals surface area contributed by atoms with Crippen LogP contribution in [0.5, 0.6) is 5.75 Å². The van der Waals surface area contributed by atoms with Crippen molar-refractivity contribution in [1.29, 1.82) is 0 Å². The quantitative estimate of drug-likeness (QED) is 0.832. The monoisotopic (exact) mass is 311 g/mol. The SMILES string of the molecule is CC[C@@H](NC(=O)CCc1ccc(C)cc1)c1ccc(OC)cc1. The first-order chi connectivity index (χ1) is 11.1. The second-order valence-electron chi connectivity index (χ2n) is 5.79. The van der Waals surface area contributed by atoms with Gasteiger partial charge in [0.2, 0.25) is 5.91 Å². The van der Waals surface area contributed by atoms with Crippen molar-refractivity contribution in [2.24, 2.45) is 0 Å². The lowest BCUT2D eigenvalue weighted by atomic mass is 10.0. The maximum Gasteiger partial charge on any atom is 0.220 e. The zero-order valence-electron chi connectivity index (χ0n) is 14.1. The molecule has 0 radical (unpaired) electrons. The molecule has 0 aromatic heterocycles. The van der Waals surface area contributed by atoms with E-state index in [1.165, 1.54) is 11.1 Å². The van der Waals surface area contributed by atoms with Gasteiger partial charge in [0, 0.05) is 6.42 Å². The fourth-order valence-corrected chi connectivity index (χ4v) is 2.54. The summed E-state index contributed by atoms with van der Waals surface area (Å²) in [5.74, 6) is 0.919. The van der Waals surface area contributed by atoms with Crippen molar-refractivity contribution in [1.82, 2.24) is 5.32 Å². The van der Waals surface area contributed by atoms with Gasteiger partial charge in [0.25, 0.3) is 0 Å². The van der Waals surface area contributed by atoms with Crippen LogP contribution in [0, 0.1) is 6.92 Å². The van der Waals surface area contributed by atoms with E-state index in [9.17, 15) is 4.79 Å². The molecular weight excluding hydrogens is 286 g/mol. The van der Waals surface area contributed by atoms with E-state index in [2.05, 4.69) is 43.4 Å². The molecule has 0 aliphatic heterocycles. The molecule has 23 heavy (non-hydrogen) atoms. The lowest BCUT2D eigenvalue weighted by Gasteiger charge is -2.18. The standard InChI is InChI=1S/C20H25NO2/c1-4-19(17-10-12-18(23-3)13-11-17)21-20(22)14-9-16-7-5-15(2)6-8-16/h5-8,10-13,19H,4,9,14H2,1-3H3,(H,21,22)/t19-/m1/s1. The molecule has 3 heteroatoms. The maximum absolute atomic E-state index is 12.2. The molecule has 0 aliphatic rings. The summed E-state index contributed by atoms with van der Waals surface area (Å²) in [5, 5.41) is 3.12. The van der Waals surface area contributed by atoms with Crippen molar-refractivity contribution in [3.63, 3.8) is 0 Å². The minimum atomic E-state index is 0.0476. The Morgan fingerprint density at radius 2 is 1.74 bits per heavy atom. The summed E-state index contributed by atoms with van der Waals surface area (Å²) in [7, 11) is 1.65. The summed E-state index contributed by atoms with van der Waals surface area (Å²) in [6, 6.07) is 16.3. The highest BCUT2D eigenvalue weighted by Gasteiger charge is 2.12. The molecule has 0 aliphatic carbocycles. The fourth-order valence-electron chi connectivity index (χ4n) is 2.54. The van der Waals surface area contributed by atoms with Crippen molar-refractivity contribution in [2.45, 2.75) is 39.2 Å². The smallest absolute Gasteiger partial charge is 0.220 e. The van der Waals surface area contributed by atoms with Gasteiger partial charge in [-0.05, 0) is 43.0 Å². The lowest BCUT2D eigenvalue weighted by Crippen LogP contribution is -2.28. The summed E-state index contributed by atoms with van der Waals surface area (Å²) < 4.78 is 5.17. The van der Waals surface area contributed by atoms with Gasteiger partial charge in [0.15, 0.2) is 0 Å². The molecule has 0 spiro atoms. The van der Waals surface area contributed by atoms with Crippen LogP contribution >= 0.6 is 0 Å². The van der Waals surface area contributed by atoms with Gasteiger partial charge in [-0.15, -0.1) is 0 Å². The molecule has 0 bridgehead atoms. The Morgan fingerprint density at radius 1 is 1.09 bits per heavy atom. The van der Waals surface area contributed by atoms with Gasteiger partial charge in [-0.1, -0.05) is 48.9 Å². The van der Waals surface area contributed by atoms with Gasteiger partial charge in [-0.2, -0.15) is 0 Å². The van der Waals surface area contributed by atoms with Crippen LogP contribution in [-0.2, 0) is 11.2 Å². The third-order valence-corrected chi connectivity index (χ3v) is 4.02. The Hall–Kier alpha value is -2.29. The first-order valence-electron chi connectivity index (χ1n) is 8.11. The third-order valence-electron chi connectivity index (χ3n) is 4.02. The number of hydrogen-bond donors (Lipinski definition) is 1. The second-order valence-corrected chi connectivity index (χ2v) is 5.79. The number of hydrogen-bond acceptors (Lipinski definition) is 2. The third kappa shape index (κ3) is 5.13. The Labute approximate surface area is 138 Å². The minimum Gasteiger partial charge on any atom is -0.497 e. The number of benzene rings is 2. The van der Waals surface area contributed by atoms with Crippen molar-refractivity contribution < 1.29 is 9.53 Å². The summed E-state index contributed by atoms with van der Waals surface area (Å²) in [4.78, 5) is 12.2. The van der Waals surface area contributed by atoms with Gasteiger partial charge < -0.3 is 10.1 Å². The van der Waals surface area contributed by atoms with Crippen LogP contribution < -0.4 is 10.1 Å².